The molecule has 31 heavy (non-hydrogen) atoms. The summed E-state index contributed by atoms with van der Waals surface area (Å²) in [5, 5.41) is 6.62. The maximum absolute atomic E-state index is 5.58. The van der Waals surface area contributed by atoms with Crippen LogP contribution in [0.2, 0.25) is 0 Å². The highest BCUT2D eigenvalue weighted by molar-refractivity contribution is 7.07. The first kappa shape index (κ1) is 20.4. The third kappa shape index (κ3) is 4.22. The van der Waals surface area contributed by atoms with Crippen molar-refractivity contribution in [3.63, 3.8) is 0 Å². The van der Waals surface area contributed by atoms with Gasteiger partial charge in [-0.05, 0) is 36.4 Å². The Hall–Kier alpha value is -3.85. The van der Waals surface area contributed by atoms with Crippen LogP contribution in [-0.4, -0.2) is 37.2 Å². The fraction of sp³-hybridized carbons (Fsp3) is 0.136. The molecular formula is C22H20N4O4S. The largest absolute Gasteiger partial charge is 0.493 e. The van der Waals surface area contributed by atoms with Crippen LogP contribution in [0.1, 0.15) is 5.56 Å². The van der Waals surface area contributed by atoms with Crippen molar-refractivity contribution in [1.82, 2.24) is 9.66 Å². The van der Waals surface area contributed by atoms with Crippen molar-refractivity contribution in [1.29, 1.82) is 0 Å². The smallest absolute Gasteiger partial charge is 0.211 e. The number of methoxy groups -OCH3 is 3. The van der Waals surface area contributed by atoms with Crippen molar-refractivity contribution in [2.24, 2.45) is 10.1 Å². The van der Waals surface area contributed by atoms with Gasteiger partial charge >= 0.3 is 0 Å². The van der Waals surface area contributed by atoms with Crippen molar-refractivity contribution < 1.29 is 18.6 Å². The first-order valence-corrected chi connectivity index (χ1v) is 10.2. The minimum absolute atomic E-state index is 0.496. The Balaban J connectivity index is 1.84. The van der Waals surface area contributed by atoms with E-state index < -0.39 is 0 Å². The lowest BCUT2D eigenvalue weighted by Crippen LogP contribution is -2.11. The van der Waals surface area contributed by atoms with Crippen molar-refractivity contribution >= 4 is 23.2 Å². The quantitative estimate of drug-likeness (QED) is 0.402. The Morgan fingerprint density at radius 2 is 1.90 bits per heavy atom. The molecule has 1 aromatic carbocycles. The van der Waals surface area contributed by atoms with E-state index >= 15 is 0 Å². The zero-order valence-electron chi connectivity index (χ0n) is 17.2. The normalized spacial score (nSPS) is 11.8. The first-order chi connectivity index (χ1) is 15.2. The van der Waals surface area contributed by atoms with E-state index in [1.165, 1.54) is 11.3 Å². The molecule has 3 heterocycles. The van der Waals surface area contributed by atoms with E-state index in [1.54, 1.807) is 56.9 Å². The molecule has 0 amide bonds. The maximum atomic E-state index is 5.58. The van der Waals surface area contributed by atoms with Crippen LogP contribution in [-0.2, 0) is 0 Å². The standard InChI is InChI=1S/C22H20N4O4S/c1-27-19-9-8-15(20(28-2)21(19)29-3)12-24-26-17(18-7-5-11-30-18)14-31-22(26)25-16-6-4-10-23-13-16/h4-14H,1-3H3. The molecular weight excluding hydrogens is 416 g/mol. The number of furan rings is 1. The molecule has 0 bridgehead atoms. The summed E-state index contributed by atoms with van der Waals surface area (Å²) in [4.78, 5) is 9.46. The number of thiazole rings is 1. The summed E-state index contributed by atoms with van der Waals surface area (Å²) in [5.74, 6) is 2.27. The molecule has 8 nitrogen and oxygen atoms in total. The van der Waals surface area contributed by atoms with Gasteiger partial charge in [0.25, 0.3) is 0 Å². The molecule has 0 fully saturated rings. The van der Waals surface area contributed by atoms with E-state index in [4.69, 9.17) is 18.6 Å². The fourth-order valence-electron chi connectivity index (χ4n) is 2.96. The summed E-state index contributed by atoms with van der Waals surface area (Å²) in [6, 6.07) is 11.1. The van der Waals surface area contributed by atoms with E-state index in [9.17, 15) is 0 Å². The van der Waals surface area contributed by atoms with Crippen LogP contribution in [0, 0.1) is 0 Å². The van der Waals surface area contributed by atoms with Crippen molar-refractivity contribution in [3.8, 4) is 28.7 Å². The molecule has 0 aliphatic heterocycles. The fourth-order valence-corrected chi connectivity index (χ4v) is 3.80. The predicted octanol–water partition coefficient (Wildman–Crippen LogP) is 4.35. The lowest BCUT2D eigenvalue weighted by molar-refractivity contribution is 0.324. The molecule has 0 aliphatic rings. The highest BCUT2D eigenvalue weighted by Crippen LogP contribution is 2.39. The first-order valence-electron chi connectivity index (χ1n) is 9.27. The van der Waals surface area contributed by atoms with Gasteiger partial charge in [0.1, 0.15) is 5.69 Å². The Morgan fingerprint density at radius 1 is 1.03 bits per heavy atom. The summed E-state index contributed by atoms with van der Waals surface area (Å²) in [6.07, 6.45) is 6.70. The highest BCUT2D eigenvalue weighted by atomic mass is 32.1. The van der Waals surface area contributed by atoms with Gasteiger partial charge in [0, 0.05) is 17.1 Å². The van der Waals surface area contributed by atoms with Crippen LogP contribution in [0.4, 0.5) is 5.69 Å². The monoisotopic (exact) mass is 436 g/mol. The SMILES string of the molecule is COc1ccc(C=Nn2c(-c3ccco3)csc2=Nc2cccnc2)c(OC)c1OC. The second-order valence-electron chi connectivity index (χ2n) is 6.18. The molecule has 4 rings (SSSR count). The molecule has 0 unspecified atom stereocenters. The molecule has 9 heteroatoms. The van der Waals surface area contributed by atoms with E-state index in [0.29, 0.717) is 27.8 Å². The summed E-state index contributed by atoms with van der Waals surface area (Å²) in [7, 11) is 4.72. The summed E-state index contributed by atoms with van der Waals surface area (Å²) in [6.45, 7) is 0. The average molecular weight is 436 g/mol. The lowest BCUT2D eigenvalue weighted by Gasteiger charge is -2.13. The van der Waals surface area contributed by atoms with Gasteiger partial charge in [-0.1, -0.05) is 0 Å². The minimum atomic E-state index is 0.496. The van der Waals surface area contributed by atoms with E-state index in [0.717, 1.165) is 16.9 Å². The molecule has 0 saturated heterocycles. The van der Waals surface area contributed by atoms with E-state index in [-0.39, 0.29) is 0 Å². The average Bonchev–Trinajstić information content (AvgIpc) is 3.47. The molecule has 158 valence electrons. The van der Waals surface area contributed by atoms with Gasteiger partial charge < -0.3 is 18.6 Å². The second kappa shape index (κ2) is 9.31. The number of pyridine rings is 1. The van der Waals surface area contributed by atoms with Gasteiger partial charge in [-0.3, -0.25) is 4.98 Å². The Labute approximate surface area is 182 Å². The molecule has 0 atom stereocenters. The minimum Gasteiger partial charge on any atom is -0.493 e. The van der Waals surface area contributed by atoms with E-state index in [2.05, 4.69) is 15.1 Å². The summed E-state index contributed by atoms with van der Waals surface area (Å²) >= 11 is 1.45. The predicted molar refractivity (Wildman–Crippen MR) is 119 cm³/mol. The lowest BCUT2D eigenvalue weighted by atomic mass is 10.2. The van der Waals surface area contributed by atoms with Gasteiger partial charge in [-0.25, -0.2) is 9.67 Å². The molecule has 3 aromatic heterocycles. The van der Waals surface area contributed by atoms with Crippen LogP contribution in [0.3, 0.4) is 0 Å². The van der Waals surface area contributed by atoms with Crippen LogP contribution in [0.25, 0.3) is 11.5 Å². The van der Waals surface area contributed by atoms with Crippen molar-refractivity contribution in [2.75, 3.05) is 21.3 Å². The summed E-state index contributed by atoms with van der Waals surface area (Å²) in [5.41, 5.74) is 2.22. The van der Waals surface area contributed by atoms with Crippen LogP contribution in [0.15, 0.2) is 74.9 Å². The van der Waals surface area contributed by atoms with Gasteiger partial charge in [0.2, 0.25) is 10.6 Å². The zero-order valence-corrected chi connectivity index (χ0v) is 18.0. The Morgan fingerprint density at radius 3 is 2.58 bits per heavy atom. The van der Waals surface area contributed by atoms with Crippen LogP contribution < -0.4 is 19.0 Å². The Kier molecular flexibility index (Phi) is 6.13. The maximum Gasteiger partial charge on any atom is 0.211 e. The molecule has 0 radical (unpaired) electrons. The number of nitrogens with zero attached hydrogens (tertiary/aromatic N) is 4. The van der Waals surface area contributed by atoms with Crippen LogP contribution >= 0.6 is 11.3 Å². The van der Waals surface area contributed by atoms with Gasteiger partial charge in [0.15, 0.2) is 17.3 Å². The third-order valence-corrected chi connectivity index (χ3v) is 5.19. The highest BCUT2D eigenvalue weighted by Gasteiger charge is 2.15. The number of hydrogen-bond donors (Lipinski definition) is 0. The number of aromatic nitrogens is 2. The number of hydrogen-bond acceptors (Lipinski definition) is 8. The van der Waals surface area contributed by atoms with Crippen LogP contribution in [0.5, 0.6) is 17.2 Å². The third-order valence-electron chi connectivity index (χ3n) is 4.38. The molecule has 0 N–H and O–H groups in total. The molecule has 0 spiro atoms. The number of benzene rings is 1. The van der Waals surface area contributed by atoms with Gasteiger partial charge in [-0.2, -0.15) is 5.10 Å². The summed E-state index contributed by atoms with van der Waals surface area (Å²) < 4.78 is 23.7. The Bertz CT molecular complexity index is 1240. The number of rotatable bonds is 7. The molecule has 0 aliphatic carbocycles. The topological polar surface area (TPSA) is 83.4 Å². The second-order valence-corrected chi connectivity index (χ2v) is 7.02. The van der Waals surface area contributed by atoms with Crippen molar-refractivity contribution in [3.05, 3.63) is 70.8 Å². The van der Waals surface area contributed by atoms with E-state index in [1.807, 2.05) is 35.7 Å². The molecule has 4 aromatic rings. The zero-order chi connectivity index (χ0) is 21.6. The van der Waals surface area contributed by atoms with Gasteiger partial charge in [-0.15, -0.1) is 11.3 Å². The molecule has 0 saturated carbocycles. The number of ether oxygens (including phenoxy) is 3. The van der Waals surface area contributed by atoms with Gasteiger partial charge in [0.05, 0.1) is 45.7 Å². The van der Waals surface area contributed by atoms with Crippen molar-refractivity contribution in [2.45, 2.75) is 0 Å².